The monoisotopic (exact) mass is 970 g/mol. The average molecular weight is 970 g/mol. The van der Waals surface area contributed by atoms with E-state index in [-0.39, 0.29) is 12.5 Å². The lowest BCUT2D eigenvalue weighted by Gasteiger charge is -2.46. The summed E-state index contributed by atoms with van der Waals surface area (Å²) in [6.07, 6.45) is 30.5. The largest absolute Gasteiger partial charge is 0.394 e. The van der Waals surface area contributed by atoms with Crippen LogP contribution in [0.15, 0.2) is 36.5 Å². The second kappa shape index (κ2) is 40.8. The minimum absolute atomic E-state index is 0.214. The Labute approximate surface area is 411 Å². The molecule has 2 fully saturated rings. The highest BCUT2D eigenvalue weighted by atomic mass is 16.7. The number of unbranched alkanes of at least 4 members (excludes halogenated alkanes) is 23. The molecule has 14 nitrogen and oxygen atoms in total. The molecule has 2 rings (SSSR count). The van der Waals surface area contributed by atoms with Crippen LogP contribution in [0.5, 0.6) is 0 Å². The Morgan fingerprint density at radius 3 is 1.49 bits per heavy atom. The molecule has 68 heavy (non-hydrogen) atoms. The van der Waals surface area contributed by atoms with Crippen LogP contribution < -0.4 is 5.32 Å². The van der Waals surface area contributed by atoms with Gasteiger partial charge in [0.1, 0.15) is 48.8 Å². The van der Waals surface area contributed by atoms with Crippen molar-refractivity contribution >= 4 is 5.91 Å². The van der Waals surface area contributed by atoms with Crippen LogP contribution in [0.25, 0.3) is 0 Å². The molecule has 0 spiro atoms. The first-order valence-corrected chi connectivity index (χ1v) is 27.2. The highest BCUT2D eigenvalue weighted by Crippen LogP contribution is 2.30. The molecule has 0 aromatic heterocycles. The molecule has 0 aromatic carbocycles. The van der Waals surface area contributed by atoms with Crippen molar-refractivity contribution in [2.45, 2.75) is 280 Å². The summed E-state index contributed by atoms with van der Waals surface area (Å²) in [5, 5.41) is 86.6. The van der Waals surface area contributed by atoms with E-state index in [0.29, 0.717) is 12.8 Å². The molecule has 9 N–H and O–H groups in total. The van der Waals surface area contributed by atoms with Gasteiger partial charge in [-0.05, 0) is 51.4 Å². The highest BCUT2D eigenvalue weighted by Gasteiger charge is 2.51. The van der Waals surface area contributed by atoms with Crippen molar-refractivity contribution < 1.29 is 64.6 Å². The third-order valence-electron chi connectivity index (χ3n) is 13.4. The van der Waals surface area contributed by atoms with Crippen LogP contribution in [0, 0.1) is 0 Å². The first kappa shape index (κ1) is 62.3. The molecular weight excluding hydrogens is 871 g/mol. The lowest BCUT2D eigenvalue weighted by Crippen LogP contribution is -2.65. The molecule has 14 heteroatoms. The smallest absolute Gasteiger partial charge is 0.220 e. The molecule has 0 saturated carbocycles. The lowest BCUT2D eigenvalue weighted by atomic mass is 9.97. The summed E-state index contributed by atoms with van der Waals surface area (Å²) in [6, 6.07) is -0.826. The van der Waals surface area contributed by atoms with Crippen molar-refractivity contribution in [2.75, 3.05) is 19.8 Å². The van der Waals surface area contributed by atoms with E-state index in [1.165, 1.54) is 109 Å². The maximum absolute atomic E-state index is 13.2. The summed E-state index contributed by atoms with van der Waals surface area (Å²) in [5.41, 5.74) is 0. The minimum atomic E-state index is -1.78. The van der Waals surface area contributed by atoms with Crippen LogP contribution in [0.2, 0.25) is 0 Å². The molecule has 0 bridgehead atoms. The molecule has 2 aliphatic heterocycles. The maximum atomic E-state index is 13.2. The fourth-order valence-corrected chi connectivity index (χ4v) is 8.89. The first-order valence-electron chi connectivity index (χ1n) is 27.2. The summed E-state index contributed by atoms with van der Waals surface area (Å²) < 4.78 is 22.7. The van der Waals surface area contributed by atoms with Gasteiger partial charge in [-0.3, -0.25) is 4.79 Å². The number of aliphatic hydroxyl groups is 8. The molecule has 0 radical (unpaired) electrons. The van der Waals surface area contributed by atoms with Crippen LogP contribution >= 0.6 is 0 Å². The molecule has 12 unspecified atom stereocenters. The number of hydrogen-bond acceptors (Lipinski definition) is 13. The zero-order valence-electron chi connectivity index (χ0n) is 42.3. The normalized spacial score (nSPS) is 26.6. The molecule has 2 saturated heterocycles. The zero-order chi connectivity index (χ0) is 49.6. The third-order valence-corrected chi connectivity index (χ3v) is 13.4. The average Bonchev–Trinajstić information content (AvgIpc) is 3.34. The summed E-state index contributed by atoms with van der Waals surface area (Å²) in [4.78, 5) is 13.2. The first-order chi connectivity index (χ1) is 33.1. The van der Waals surface area contributed by atoms with Gasteiger partial charge in [-0.1, -0.05) is 185 Å². The van der Waals surface area contributed by atoms with Crippen molar-refractivity contribution in [3.63, 3.8) is 0 Å². The second-order valence-corrected chi connectivity index (χ2v) is 19.4. The standard InChI is InChI=1S/C54H99NO13/c1-3-5-7-9-11-12-13-14-15-16-17-18-19-20-21-22-23-24-25-26-27-28-29-30-32-34-36-38-46(59)55-42(43(58)37-35-33-31-10-8-6-4-2)41-65-53-51(64)49(62)52(45(40-57)67-53)68-54-50(63)48(61)47(60)44(39-56)66-54/h13-14,16-17,19-20,42-45,47-54,56-58,60-64H,3-12,15,18,21-41H2,1-2H3,(H,55,59)/b14-13-,17-16-,20-19-. The van der Waals surface area contributed by atoms with Crippen molar-refractivity contribution in [2.24, 2.45) is 0 Å². The van der Waals surface area contributed by atoms with Crippen LogP contribution in [-0.2, 0) is 23.7 Å². The van der Waals surface area contributed by atoms with E-state index in [4.69, 9.17) is 18.9 Å². The van der Waals surface area contributed by atoms with E-state index in [9.17, 15) is 45.6 Å². The molecule has 2 aliphatic rings. The molecule has 1 amide bonds. The van der Waals surface area contributed by atoms with E-state index in [2.05, 4.69) is 55.6 Å². The Balaban J connectivity index is 1.66. The summed E-state index contributed by atoms with van der Waals surface area (Å²) in [6.45, 7) is 2.78. The number of ether oxygens (including phenoxy) is 4. The van der Waals surface area contributed by atoms with E-state index in [1.807, 2.05) is 0 Å². The Hall–Kier alpha value is -1.79. The van der Waals surface area contributed by atoms with Crippen LogP contribution in [0.1, 0.15) is 206 Å². The Morgan fingerprint density at radius 2 is 0.971 bits per heavy atom. The summed E-state index contributed by atoms with van der Waals surface area (Å²) in [7, 11) is 0. The van der Waals surface area contributed by atoms with Gasteiger partial charge < -0.3 is 65.1 Å². The topological polar surface area (TPSA) is 228 Å². The van der Waals surface area contributed by atoms with Gasteiger partial charge in [0.2, 0.25) is 5.91 Å². The number of carbonyl (C=O) groups is 1. The molecule has 398 valence electrons. The third kappa shape index (κ3) is 27.1. The van der Waals surface area contributed by atoms with Gasteiger partial charge in [0.25, 0.3) is 0 Å². The molecule has 12 atom stereocenters. The molecule has 0 aliphatic carbocycles. The number of nitrogens with one attached hydrogen (secondary N) is 1. The van der Waals surface area contributed by atoms with Gasteiger partial charge in [0.15, 0.2) is 12.6 Å². The number of aliphatic hydroxyl groups excluding tert-OH is 8. The minimum Gasteiger partial charge on any atom is -0.394 e. The van der Waals surface area contributed by atoms with Crippen molar-refractivity contribution in [1.29, 1.82) is 0 Å². The highest BCUT2D eigenvalue weighted by molar-refractivity contribution is 5.76. The molecular formula is C54H99NO13. The molecule has 0 aromatic rings. The van der Waals surface area contributed by atoms with E-state index in [1.54, 1.807) is 0 Å². The Bertz CT molecular complexity index is 1280. The van der Waals surface area contributed by atoms with Gasteiger partial charge >= 0.3 is 0 Å². The number of amides is 1. The second-order valence-electron chi connectivity index (χ2n) is 19.4. The van der Waals surface area contributed by atoms with Crippen molar-refractivity contribution in [1.82, 2.24) is 5.32 Å². The van der Waals surface area contributed by atoms with Gasteiger partial charge in [-0.2, -0.15) is 0 Å². The van der Waals surface area contributed by atoms with Gasteiger partial charge in [0, 0.05) is 6.42 Å². The van der Waals surface area contributed by atoms with Crippen molar-refractivity contribution in [3.8, 4) is 0 Å². The Kier molecular flexibility index (Phi) is 37.4. The van der Waals surface area contributed by atoms with E-state index < -0.39 is 86.8 Å². The number of rotatable bonds is 42. The quantitative estimate of drug-likeness (QED) is 0.0210. The maximum Gasteiger partial charge on any atom is 0.220 e. The number of carbonyl (C=O) groups excluding carboxylic acids is 1. The van der Waals surface area contributed by atoms with E-state index >= 15 is 0 Å². The Morgan fingerprint density at radius 1 is 0.529 bits per heavy atom. The predicted octanol–water partition coefficient (Wildman–Crippen LogP) is 7.88. The molecule has 2 heterocycles. The van der Waals surface area contributed by atoms with E-state index in [0.717, 1.165) is 70.6 Å². The SMILES string of the molecule is CCCCCCC/C=C\C/C=C\C/C=C\CCCCCCCCCCCCCCC(=O)NC(COC1OC(CO)C(OC2OC(CO)C(O)C(O)C2O)C(O)C1O)C(O)CCCCCCCCC. The predicted molar refractivity (Wildman–Crippen MR) is 268 cm³/mol. The van der Waals surface area contributed by atoms with Gasteiger partial charge in [-0.25, -0.2) is 0 Å². The summed E-state index contributed by atoms with van der Waals surface area (Å²) in [5.74, 6) is -0.214. The van der Waals surface area contributed by atoms with Crippen molar-refractivity contribution in [3.05, 3.63) is 36.5 Å². The number of hydrogen-bond donors (Lipinski definition) is 9. The van der Waals surface area contributed by atoms with Gasteiger partial charge in [0.05, 0.1) is 32.0 Å². The van der Waals surface area contributed by atoms with Gasteiger partial charge in [-0.15, -0.1) is 0 Å². The lowest BCUT2D eigenvalue weighted by molar-refractivity contribution is -0.359. The van der Waals surface area contributed by atoms with Crippen LogP contribution in [-0.4, -0.2) is 140 Å². The zero-order valence-corrected chi connectivity index (χ0v) is 42.3. The summed E-state index contributed by atoms with van der Waals surface area (Å²) >= 11 is 0. The fourth-order valence-electron chi connectivity index (χ4n) is 8.89. The van der Waals surface area contributed by atoms with Crippen LogP contribution in [0.4, 0.5) is 0 Å². The number of allylic oxidation sites excluding steroid dienone is 6. The fraction of sp³-hybridized carbons (Fsp3) is 0.870. The van der Waals surface area contributed by atoms with Crippen LogP contribution in [0.3, 0.4) is 0 Å².